The van der Waals surface area contributed by atoms with Gasteiger partial charge in [0, 0.05) is 19.6 Å². The number of nitrogens with zero attached hydrogens (tertiary/aromatic N) is 2. The molecule has 2 heterocycles. The van der Waals surface area contributed by atoms with Crippen LogP contribution in [0, 0.1) is 17.8 Å². The van der Waals surface area contributed by atoms with Gasteiger partial charge in [-0.25, -0.2) is 0 Å². The molecule has 5 nitrogen and oxygen atoms in total. The maximum Gasteiger partial charge on any atom is 0.280 e. The second kappa shape index (κ2) is 8.29. The van der Waals surface area contributed by atoms with Crippen LogP contribution >= 0.6 is 0 Å². The van der Waals surface area contributed by atoms with Gasteiger partial charge in [0.2, 0.25) is 0 Å². The number of likely N-dealkylation sites (N-methyl/N-ethyl adjacent to an activating group) is 1. The van der Waals surface area contributed by atoms with Crippen molar-refractivity contribution >= 4 is 16.3 Å². The Morgan fingerprint density at radius 2 is 1.81 bits per heavy atom. The largest absolute Gasteiger partial charge is 0.300 e. The molecule has 3 fully saturated rings. The maximum absolute atomic E-state index is 12.7. The molecule has 0 radical (unpaired) electrons. The van der Waals surface area contributed by atoms with Crippen LogP contribution in [0.2, 0.25) is 0 Å². The van der Waals surface area contributed by atoms with E-state index in [1.165, 1.54) is 42.6 Å². The van der Waals surface area contributed by atoms with Gasteiger partial charge in [-0.1, -0.05) is 44.2 Å². The zero-order chi connectivity index (χ0) is 21.6. The SMILES string of the molecule is CCN1CC2(NS1(=O)=O)C1CCC2Cc2cc(/C=C\CN3CCC(C)CC3)ccc2C1. The summed E-state index contributed by atoms with van der Waals surface area (Å²) in [4.78, 5) is 2.55. The minimum absolute atomic E-state index is 0.282. The first kappa shape index (κ1) is 21.6. The van der Waals surface area contributed by atoms with Crippen LogP contribution in [-0.2, 0) is 23.1 Å². The predicted molar refractivity (Wildman–Crippen MR) is 126 cm³/mol. The minimum atomic E-state index is -3.34. The Hall–Kier alpha value is -1.21. The van der Waals surface area contributed by atoms with Crippen molar-refractivity contribution in [3.8, 4) is 0 Å². The summed E-state index contributed by atoms with van der Waals surface area (Å²) < 4.78 is 30.2. The van der Waals surface area contributed by atoms with E-state index in [2.05, 4.69) is 46.9 Å². The Labute approximate surface area is 188 Å². The van der Waals surface area contributed by atoms with E-state index in [1.807, 2.05) is 6.92 Å². The molecule has 4 aliphatic rings. The van der Waals surface area contributed by atoms with Gasteiger partial charge in [0.1, 0.15) is 0 Å². The van der Waals surface area contributed by atoms with Gasteiger partial charge in [0.05, 0.1) is 5.54 Å². The number of nitrogens with one attached hydrogen (secondary N) is 1. The molecule has 5 rings (SSSR count). The second-order valence-corrected chi connectivity index (χ2v) is 12.0. The van der Waals surface area contributed by atoms with Crippen molar-refractivity contribution in [2.24, 2.45) is 17.8 Å². The van der Waals surface area contributed by atoms with E-state index in [4.69, 9.17) is 0 Å². The fourth-order valence-corrected chi connectivity index (χ4v) is 8.22. The molecule has 1 aromatic rings. The average Bonchev–Trinajstić information content (AvgIpc) is 3.14. The molecule has 1 spiro atoms. The lowest BCUT2D eigenvalue weighted by atomic mass is 9.79. The second-order valence-electron chi connectivity index (χ2n) is 10.4. The Morgan fingerprint density at radius 3 is 2.48 bits per heavy atom. The zero-order valence-corrected chi connectivity index (χ0v) is 19.8. The van der Waals surface area contributed by atoms with Gasteiger partial charge in [-0.05, 0) is 86.1 Å². The maximum atomic E-state index is 12.7. The van der Waals surface area contributed by atoms with Crippen molar-refractivity contribution in [1.82, 2.24) is 13.9 Å². The van der Waals surface area contributed by atoms with Crippen molar-refractivity contribution in [3.05, 3.63) is 41.0 Å². The molecular formula is C25H37N3O2S. The van der Waals surface area contributed by atoms with E-state index in [0.717, 1.165) is 38.1 Å². The average molecular weight is 444 g/mol. The van der Waals surface area contributed by atoms with Crippen LogP contribution in [-0.4, -0.2) is 55.9 Å². The fourth-order valence-electron chi connectivity index (χ4n) is 6.49. The van der Waals surface area contributed by atoms with E-state index in [1.54, 1.807) is 4.31 Å². The van der Waals surface area contributed by atoms with Crippen molar-refractivity contribution in [2.45, 2.75) is 57.9 Å². The highest BCUT2D eigenvalue weighted by Gasteiger charge is 2.58. The van der Waals surface area contributed by atoms with Gasteiger partial charge in [-0.2, -0.15) is 17.4 Å². The number of benzene rings is 1. The van der Waals surface area contributed by atoms with Crippen LogP contribution in [0.1, 0.15) is 56.2 Å². The smallest absolute Gasteiger partial charge is 0.280 e. The third-order valence-corrected chi connectivity index (χ3v) is 10.2. The van der Waals surface area contributed by atoms with E-state index < -0.39 is 10.2 Å². The number of likely N-dealkylation sites (tertiary alicyclic amines) is 1. The number of piperidine rings is 1. The Kier molecular flexibility index (Phi) is 5.78. The highest BCUT2D eigenvalue weighted by atomic mass is 32.2. The molecule has 1 N–H and O–H groups in total. The molecule has 3 atom stereocenters. The summed E-state index contributed by atoms with van der Waals surface area (Å²) in [5.41, 5.74) is 3.84. The molecule has 1 aromatic carbocycles. The van der Waals surface area contributed by atoms with Gasteiger partial charge in [-0.3, -0.25) is 4.90 Å². The molecule has 31 heavy (non-hydrogen) atoms. The zero-order valence-electron chi connectivity index (χ0n) is 19.0. The fraction of sp³-hybridized carbons (Fsp3) is 0.680. The third-order valence-electron chi connectivity index (χ3n) is 8.48. The molecule has 3 unspecified atom stereocenters. The Morgan fingerprint density at radius 1 is 1.10 bits per heavy atom. The summed E-state index contributed by atoms with van der Waals surface area (Å²) in [6.45, 7) is 8.94. The molecular weight excluding hydrogens is 406 g/mol. The van der Waals surface area contributed by atoms with E-state index in [-0.39, 0.29) is 5.54 Å². The molecule has 0 amide bonds. The third kappa shape index (κ3) is 4.01. The Balaban J connectivity index is 1.32. The highest BCUT2D eigenvalue weighted by molar-refractivity contribution is 7.87. The summed E-state index contributed by atoms with van der Waals surface area (Å²) in [7, 11) is -3.34. The summed E-state index contributed by atoms with van der Waals surface area (Å²) in [5.74, 6) is 1.66. The highest BCUT2D eigenvalue weighted by Crippen LogP contribution is 2.50. The minimum Gasteiger partial charge on any atom is -0.300 e. The van der Waals surface area contributed by atoms with E-state index >= 15 is 0 Å². The predicted octanol–water partition coefficient (Wildman–Crippen LogP) is 3.47. The van der Waals surface area contributed by atoms with E-state index in [9.17, 15) is 8.42 Å². The van der Waals surface area contributed by atoms with Gasteiger partial charge < -0.3 is 0 Å². The molecule has 2 bridgehead atoms. The van der Waals surface area contributed by atoms with Crippen LogP contribution in [0.4, 0.5) is 0 Å². The molecule has 2 aliphatic heterocycles. The molecule has 2 saturated heterocycles. The van der Waals surface area contributed by atoms with E-state index in [0.29, 0.717) is 24.9 Å². The molecule has 1 saturated carbocycles. The summed E-state index contributed by atoms with van der Waals surface area (Å²) in [6, 6.07) is 6.91. The summed E-state index contributed by atoms with van der Waals surface area (Å²) in [5, 5.41) is 0. The first-order chi connectivity index (χ1) is 14.9. The van der Waals surface area contributed by atoms with Gasteiger partial charge >= 0.3 is 0 Å². The molecule has 2 aliphatic carbocycles. The van der Waals surface area contributed by atoms with Crippen LogP contribution in [0.3, 0.4) is 0 Å². The monoisotopic (exact) mass is 443 g/mol. The topological polar surface area (TPSA) is 52.7 Å². The van der Waals surface area contributed by atoms with Crippen LogP contribution in [0.5, 0.6) is 0 Å². The summed E-state index contributed by atoms with van der Waals surface area (Å²) in [6.07, 6.45) is 11.4. The van der Waals surface area contributed by atoms with Crippen molar-refractivity contribution < 1.29 is 8.42 Å². The lowest BCUT2D eigenvalue weighted by molar-refractivity contribution is 0.210. The van der Waals surface area contributed by atoms with Crippen LogP contribution in [0.15, 0.2) is 24.3 Å². The van der Waals surface area contributed by atoms with Crippen molar-refractivity contribution in [1.29, 1.82) is 0 Å². The number of fused-ring (bicyclic) bond motifs is 1. The van der Waals surface area contributed by atoms with Gasteiger partial charge in [-0.15, -0.1) is 0 Å². The standard InChI is InChI=1S/C25H37N3O2S/c1-3-28-18-25(26-31(28,29)30)23-8-9-24(25)17-22-15-20(6-7-21(22)16-23)5-4-12-27-13-10-19(2)11-14-27/h4-7,15,19,23-24,26H,3,8-14,16-18H2,1-2H3/b5-4-. The number of hydrogen-bond donors (Lipinski definition) is 1. The molecule has 0 aromatic heterocycles. The Bertz CT molecular complexity index is 952. The quantitative estimate of drug-likeness (QED) is 0.775. The lowest BCUT2D eigenvalue weighted by Gasteiger charge is -2.33. The molecule has 6 heteroatoms. The van der Waals surface area contributed by atoms with Crippen molar-refractivity contribution in [3.63, 3.8) is 0 Å². The first-order valence-corrected chi connectivity index (χ1v) is 13.6. The first-order valence-electron chi connectivity index (χ1n) is 12.2. The van der Waals surface area contributed by atoms with Crippen LogP contribution in [0.25, 0.3) is 6.08 Å². The van der Waals surface area contributed by atoms with Gasteiger partial charge in [0.15, 0.2) is 0 Å². The molecule has 170 valence electrons. The van der Waals surface area contributed by atoms with Crippen molar-refractivity contribution in [2.75, 3.05) is 32.7 Å². The van der Waals surface area contributed by atoms with Crippen LogP contribution < -0.4 is 4.72 Å². The van der Waals surface area contributed by atoms with Gasteiger partial charge in [0.25, 0.3) is 10.2 Å². The summed E-state index contributed by atoms with van der Waals surface area (Å²) >= 11 is 0. The normalized spacial score (nSPS) is 33.9. The lowest BCUT2D eigenvalue weighted by Crippen LogP contribution is -2.52. The number of rotatable bonds is 4. The number of hydrogen-bond acceptors (Lipinski definition) is 3.